The molecule has 0 aliphatic rings. The van der Waals surface area contributed by atoms with Crippen molar-refractivity contribution in [2.75, 3.05) is 14.2 Å². The van der Waals surface area contributed by atoms with Crippen LogP contribution in [0.15, 0.2) is 246 Å². The summed E-state index contributed by atoms with van der Waals surface area (Å²) in [6.45, 7) is 9.66. The van der Waals surface area contributed by atoms with Gasteiger partial charge in [0.25, 0.3) is 11.8 Å². The molecule has 0 saturated heterocycles. The van der Waals surface area contributed by atoms with E-state index in [2.05, 4.69) is 149 Å². The Morgan fingerprint density at radius 2 is 0.700 bits per heavy atom. The minimum atomic E-state index is -1.02. The number of ether oxygens (including phenoxy) is 2. The maximum Gasteiger partial charge on any atom is 1.00 e. The third-order valence-corrected chi connectivity index (χ3v) is 17.1. The van der Waals surface area contributed by atoms with Crippen molar-refractivity contribution in [3.63, 3.8) is 0 Å². The number of fused-ring (bicyclic) bond motifs is 5. The fraction of sp³-hybridized carbons (Fsp3) is 0.0805. The average molecular weight is 1790 g/mol. The molecule has 33 heteroatoms. The molecule has 0 fully saturated rings. The van der Waals surface area contributed by atoms with Crippen molar-refractivity contribution in [1.29, 1.82) is 0 Å². The van der Waals surface area contributed by atoms with Crippen molar-refractivity contribution >= 4 is 118 Å². The van der Waals surface area contributed by atoms with Gasteiger partial charge in [0.2, 0.25) is 0 Å². The molecule has 0 saturated carbocycles. The van der Waals surface area contributed by atoms with Crippen LogP contribution in [0.25, 0.3) is 40.4 Å². The summed E-state index contributed by atoms with van der Waals surface area (Å²) in [7, 11) is 2.67. The van der Waals surface area contributed by atoms with Crippen molar-refractivity contribution in [3.8, 4) is 47.9 Å². The quantitative estimate of drug-likeness (QED) is 0.0498. The number of nitrogens with zero attached hydrogens (tertiary/aromatic N) is 16. The summed E-state index contributed by atoms with van der Waals surface area (Å²) in [5, 5.41) is 9.09. The minimum absolute atomic E-state index is 0. The van der Waals surface area contributed by atoms with Crippen LogP contribution in [-0.4, -0.2) is 137 Å². The number of methoxy groups -OCH3 is 2. The van der Waals surface area contributed by atoms with Crippen molar-refractivity contribution < 1.29 is 68.4 Å². The molecule has 120 heavy (non-hydrogen) atoms. The number of carbonyl (C=O) groups excluding carboxylic acids is 4. The smallest absolute Gasteiger partial charge is 0.870 e. The van der Waals surface area contributed by atoms with Gasteiger partial charge in [0.15, 0.2) is 17.1 Å². The molecule has 29 nitrogen and oxygen atoms in total. The van der Waals surface area contributed by atoms with Crippen LogP contribution in [0.3, 0.4) is 0 Å². The Morgan fingerprint density at radius 1 is 0.392 bits per heavy atom. The first-order chi connectivity index (χ1) is 55.9. The van der Waals surface area contributed by atoms with Crippen LogP contribution in [0, 0.1) is 82.5 Å². The number of carboxylic acids is 1. The standard InChI is InChI=1S/C17H13N3O2.C16H14N4O.C16H12N4O.C16H11N3O2.C11H8N2O2.C6H6BrN.C5H3Br2N.Li.H3N.2H2O/c1-12-4-3-5-14(19-12)8-6-13-7-9-16-18-10-15(17(21)22-2)20(16)11-13;2*1-11-3-2-4-13(19-11)7-5-12-6-8-15-18-9-14(16(17)21)20(15)10-12;1-11-3-2-4-13(18-11)7-5-12-6-8-15-17-9-14(16(20)21)19(15)10-12;1-3-8-4-5-10-12-6-9(11(14)15-2)13(10)7-8;1-5-3-2-4-6(7)8-5;6-4-2-1-3-5(7)8-4;;;;/h3-5,7,9-11H,1-2H3;2-10H,1H3,(H2,17,21);2-4,6,8-10H,1H3,(H2,17,21);2-4,6,8-10H,1H3,(H,20,21);1,4-7H,2H3;2-4H,1H3;1-3H;;1H3;2*1H2/q;;;;;;;+1;;;/p-1/b;7-5-;;;;;;;;;. The zero-order valence-corrected chi connectivity index (χ0v) is 70.3. The van der Waals surface area contributed by atoms with Gasteiger partial charge in [-0.3, -0.25) is 36.6 Å². The van der Waals surface area contributed by atoms with E-state index in [9.17, 15) is 24.0 Å². The Hall–Kier alpha value is -14.4. The minimum Gasteiger partial charge on any atom is -0.870 e. The van der Waals surface area contributed by atoms with Crippen molar-refractivity contribution in [2.24, 2.45) is 11.5 Å². The predicted molar refractivity (Wildman–Crippen MR) is 460 cm³/mol. The van der Waals surface area contributed by atoms with Crippen LogP contribution in [0.5, 0.6) is 0 Å². The molecule has 0 unspecified atom stereocenters. The summed E-state index contributed by atoms with van der Waals surface area (Å²) in [5.41, 5.74) is 27.0. The second kappa shape index (κ2) is 45.8. The van der Waals surface area contributed by atoms with Crippen LogP contribution >= 0.6 is 47.8 Å². The van der Waals surface area contributed by atoms with Gasteiger partial charge in [-0.25, -0.2) is 64.2 Å². The van der Waals surface area contributed by atoms with E-state index in [0.29, 0.717) is 79.2 Å². The number of carbonyl (C=O) groups is 5. The van der Waals surface area contributed by atoms with E-state index in [-0.39, 0.29) is 41.7 Å². The van der Waals surface area contributed by atoms with Crippen molar-refractivity contribution in [2.45, 2.75) is 34.6 Å². The number of primary amides is 2. The number of rotatable bonds is 7. The number of hydrogen-bond acceptors (Lipinski definition) is 20. The Labute approximate surface area is 725 Å². The first-order valence-corrected chi connectivity index (χ1v) is 37.0. The molecule has 16 aromatic rings. The Kier molecular flexibility index (Phi) is 36.0. The van der Waals surface area contributed by atoms with Crippen molar-refractivity contribution in [3.05, 3.63) is 353 Å². The number of halogens is 3. The van der Waals surface area contributed by atoms with Gasteiger partial charge in [-0.1, -0.05) is 66.2 Å². The van der Waals surface area contributed by atoms with Crippen LogP contribution in [0.4, 0.5) is 0 Å². The van der Waals surface area contributed by atoms with E-state index in [1.807, 2.05) is 186 Å². The van der Waals surface area contributed by atoms with Crippen LogP contribution in [0.2, 0.25) is 0 Å². The number of nitrogens with two attached hydrogens (primary N) is 2. The second-order valence-electron chi connectivity index (χ2n) is 24.3. The fourth-order valence-electron chi connectivity index (χ4n) is 10.3. The third-order valence-electron chi connectivity index (χ3n) is 15.8. The average Bonchev–Trinajstić information content (AvgIpc) is 1.68. The number of aromatic nitrogens is 16. The topological polar surface area (TPSA) is 436 Å². The molecule has 0 bridgehead atoms. The van der Waals surface area contributed by atoms with Gasteiger partial charge in [-0.15, -0.1) is 6.42 Å². The molecule has 0 radical (unpaired) electrons. The maximum absolute atomic E-state index is 11.7. The van der Waals surface area contributed by atoms with E-state index in [0.717, 1.165) is 64.7 Å². The van der Waals surface area contributed by atoms with E-state index in [1.54, 1.807) is 78.8 Å². The molecule has 16 heterocycles. The molecule has 16 rings (SSSR count). The molecular weight excluding hydrogens is 1720 g/mol. The maximum atomic E-state index is 11.7. The Balaban J connectivity index is 0.000000221. The number of imidazole rings is 5. The van der Waals surface area contributed by atoms with Gasteiger partial charge in [0.1, 0.15) is 70.5 Å². The van der Waals surface area contributed by atoms with Crippen LogP contribution in [0.1, 0.15) is 132 Å². The molecule has 0 aromatic carbocycles. The molecule has 16 aromatic heterocycles. The van der Waals surface area contributed by atoms with Crippen LogP contribution in [-0.2, 0) is 9.47 Å². The molecule has 598 valence electrons. The zero-order chi connectivity index (χ0) is 82.8. The number of aryl methyl sites for hydroxylation is 5. The summed E-state index contributed by atoms with van der Waals surface area (Å²) in [5.74, 6) is 17.6. The van der Waals surface area contributed by atoms with E-state index >= 15 is 0 Å². The van der Waals surface area contributed by atoms with E-state index in [4.69, 9.17) is 27.7 Å². The number of esters is 2. The normalized spacial score (nSPS) is 9.84. The summed E-state index contributed by atoms with van der Waals surface area (Å²) in [6, 6.07) is 52.5. The van der Waals surface area contributed by atoms with Gasteiger partial charge in [-0.2, -0.15) is 0 Å². The number of hydrogen-bond donors (Lipinski definition) is 4. The van der Waals surface area contributed by atoms with Crippen LogP contribution < -0.4 is 36.5 Å². The fourth-order valence-corrected chi connectivity index (χ4v) is 11.7. The molecule has 0 atom stereocenters. The summed E-state index contributed by atoms with van der Waals surface area (Å²) >= 11 is 9.69. The van der Waals surface area contributed by atoms with Gasteiger partial charge < -0.3 is 43.2 Å². The Bertz CT molecular complexity index is 6410. The van der Waals surface area contributed by atoms with Gasteiger partial charge in [0.05, 0.1) is 50.9 Å². The van der Waals surface area contributed by atoms with E-state index in [1.165, 1.54) is 49.6 Å². The monoisotopic (exact) mass is 1790 g/mol. The number of pyridine rings is 11. The first kappa shape index (κ1) is 94.5. The predicted octanol–water partition coefficient (Wildman–Crippen LogP) is 10.2. The van der Waals surface area contributed by atoms with Gasteiger partial charge in [-0.05, 0) is 245 Å². The SMILES string of the molecule is Brc1cccc(Br)n1.C#Cc1ccc2ncc(C(=O)OC)n2c1.COC(=O)c1cnc2ccc(C#Cc3cccc(C)n3)cn12.Cc1cccc(/C=C\c2ccc3ncc(C(N)=O)n3c2)n1.Cc1cccc(Br)n1.Cc1cccc(C#Cc2ccc3ncc(C(=O)O)n3c2)n1.Cc1cccc(C#Cc2ccc3ncc(C(N)=O)n3c2)n1.N.O.[Li+].[OH-]. The summed E-state index contributed by atoms with van der Waals surface area (Å²) < 4.78 is 20.1. The number of carboxylic acid groups (broad SMARTS) is 1. The molecule has 0 aliphatic carbocycles. The number of terminal acetylenes is 1. The third kappa shape index (κ3) is 26.8. The Morgan fingerprint density at radius 3 is 1.03 bits per heavy atom. The zero-order valence-electron chi connectivity index (χ0n) is 65.6. The summed E-state index contributed by atoms with van der Waals surface area (Å²) in [6.07, 6.45) is 25.0. The summed E-state index contributed by atoms with van der Waals surface area (Å²) in [4.78, 5) is 103. The molecule has 11 N–H and O–H groups in total. The first-order valence-electron chi connectivity index (χ1n) is 34.6. The molecule has 0 aliphatic heterocycles. The van der Waals surface area contributed by atoms with Gasteiger partial charge >= 0.3 is 36.8 Å². The molecular formula is C87H73Br3LiN19O10. The second-order valence-corrected chi connectivity index (χ2v) is 26.8. The largest absolute Gasteiger partial charge is 1.00 e. The molecule has 0 spiro atoms. The van der Waals surface area contributed by atoms with E-state index < -0.39 is 29.7 Å². The van der Waals surface area contributed by atoms with Gasteiger partial charge in [0, 0.05) is 81.7 Å². The van der Waals surface area contributed by atoms with Crippen molar-refractivity contribution in [1.82, 2.24) is 83.0 Å². The molecule has 2 amide bonds. The number of amides is 2. The number of aromatic carboxylic acids is 1.